The topological polar surface area (TPSA) is 179 Å². The van der Waals surface area contributed by atoms with Crippen LogP contribution in [0.5, 0.6) is 11.5 Å². The molecule has 8 nitrogen and oxygen atoms in total. The van der Waals surface area contributed by atoms with Gasteiger partial charge in [0.2, 0.25) is 11.8 Å². The fraction of sp³-hybridized carbons (Fsp3) is 0.650. The van der Waals surface area contributed by atoms with E-state index in [1.807, 2.05) is 24.3 Å². The number of carbonyl (C=O) groups is 2. The van der Waals surface area contributed by atoms with E-state index < -0.39 is 0 Å². The van der Waals surface area contributed by atoms with E-state index in [1.165, 1.54) is 12.8 Å². The monoisotopic (exact) mass is 671 g/mol. The Kier molecular flexibility index (Phi) is 17.9. The van der Waals surface area contributed by atoms with Crippen LogP contribution in [0.25, 0.3) is 0 Å². The molecule has 2 aromatic carbocycles. The third kappa shape index (κ3) is 16.3. The van der Waals surface area contributed by atoms with Gasteiger partial charge in [-0.2, -0.15) is 0 Å². The van der Waals surface area contributed by atoms with Crippen LogP contribution in [0.1, 0.15) is 155 Å². The molecule has 2 aromatic rings. The Labute approximate surface area is 292 Å². The number of hydrogen-bond donors (Lipinski definition) is 6. The SMILES string of the molecule is CC(C)(C)c1cc(CCC(N)=O)cc(C(C)(C)C)c1O.CC(C)(C)c1cc(CCC(N)=O)cc(C(C)(C)C)c1O.NCCCCCCN. The van der Waals surface area contributed by atoms with Crippen molar-refractivity contribution in [3.05, 3.63) is 57.6 Å². The number of primary amides is 2. The molecule has 0 aliphatic heterocycles. The van der Waals surface area contributed by atoms with E-state index in [2.05, 4.69) is 83.1 Å². The first-order valence-electron chi connectivity index (χ1n) is 17.5. The van der Waals surface area contributed by atoms with Crippen molar-refractivity contribution >= 4 is 11.8 Å². The van der Waals surface area contributed by atoms with Gasteiger partial charge < -0.3 is 33.1 Å². The molecule has 0 radical (unpaired) electrons. The molecule has 2 rings (SSSR count). The molecule has 48 heavy (non-hydrogen) atoms. The predicted molar refractivity (Wildman–Crippen MR) is 203 cm³/mol. The molecule has 8 heteroatoms. The molecular formula is C40H70N4O4. The number of amides is 2. The van der Waals surface area contributed by atoms with Crippen LogP contribution in [0.2, 0.25) is 0 Å². The van der Waals surface area contributed by atoms with Crippen molar-refractivity contribution in [3.8, 4) is 11.5 Å². The Bertz CT molecular complexity index is 1130. The van der Waals surface area contributed by atoms with E-state index in [9.17, 15) is 19.8 Å². The van der Waals surface area contributed by atoms with Gasteiger partial charge in [-0.15, -0.1) is 0 Å². The maximum atomic E-state index is 11.0. The third-order valence-corrected chi connectivity index (χ3v) is 8.05. The lowest BCUT2D eigenvalue weighted by atomic mass is 9.78. The van der Waals surface area contributed by atoms with Gasteiger partial charge in [-0.25, -0.2) is 0 Å². The van der Waals surface area contributed by atoms with Gasteiger partial charge in [0.15, 0.2) is 0 Å². The van der Waals surface area contributed by atoms with Crippen LogP contribution in [0, 0.1) is 0 Å². The number of rotatable bonds is 11. The van der Waals surface area contributed by atoms with E-state index in [0.717, 1.165) is 59.3 Å². The summed E-state index contributed by atoms with van der Waals surface area (Å²) in [6.07, 6.45) is 6.68. The van der Waals surface area contributed by atoms with Gasteiger partial charge in [0.25, 0.3) is 0 Å². The molecule has 0 heterocycles. The fourth-order valence-electron chi connectivity index (χ4n) is 5.14. The van der Waals surface area contributed by atoms with Crippen LogP contribution in [-0.4, -0.2) is 35.1 Å². The summed E-state index contributed by atoms with van der Waals surface area (Å²) < 4.78 is 0. The van der Waals surface area contributed by atoms with Crippen LogP contribution in [0.15, 0.2) is 24.3 Å². The Morgan fingerprint density at radius 1 is 0.500 bits per heavy atom. The molecule has 0 aliphatic carbocycles. The van der Waals surface area contributed by atoms with Crippen LogP contribution >= 0.6 is 0 Å². The lowest BCUT2D eigenvalue weighted by molar-refractivity contribution is -0.118. The summed E-state index contributed by atoms with van der Waals surface area (Å²) >= 11 is 0. The molecule has 0 saturated carbocycles. The van der Waals surface area contributed by atoms with E-state index in [4.69, 9.17) is 22.9 Å². The zero-order chi connectivity index (χ0) is 37.7. The van der Waals surface area contributed by atoms with Gasteiger partial charge in [-0.3, -0.25) is 9.59 Å². The van der Waals surface area contributed by atoms with Gasteiger partial charge in [0, 0.05) is 12.8 Å². The van der Waals surface area contributed by atoms with Crippen molar-refractivity contribution in [2.75, 3.05) is 13.1 Å². The minimum atomic E-state index is -0.298. The molecule has 0 unspecified atom stereocenters. The molecule has 0 spiro atoms. The average Bonchev–Trinajstić information content (AvgIpc) is 2.92. The second-order valence-corrected chi connectivity index (χ2v) is 17.0. The molecule has 10 N–H and O–H groups in total. The first kappa shape index (κ1) is 44.9. The van der Waals surface area contributed by atoms with Gasteiger partial charge in [-0.1, -0.05) is 120 Å². The smallest absolute Gasteiger partial charge is 0.217 e. The first-order chi connectivity index (χ1) is 21.8. The highest BCUT2D eigenvalue weighted by Crippen LogP contribution is 2.41. The zero-order valence-corrected chi connectivity index (χ0v) is 32.4. The molecule has 0 saturated heterocycles. The van der Waals surface area contributed by atoms with Crippen LogP contribution in [0.3, 0.4) is 0 Å². The lowest BCUT2D eigenvalue weighted by Crippen LogP contribution is -2.18. The van der Waals surface area contributed by atoms with Crippen LogP contribution in [-0.2, 0) is 44.1 Å². The van der Waals surface area contributed by atoms with Crippen molar-refractivity contribution in [2.45, 2.75) is 156 Å². The minimum absolute atomic E-state index is 0.146. The molecule has 274 valence electrons. The number of nitrogens with two attached hydrogens (primary N) is 4. The Balaban J connectivity index is 0.000000754. The minimum Gasteiger partial charge on any atom is -0.507 e. The number of phenolic OH excluding ortho intramolecular Hbond substituents is 2. The van der Waals surface area contributed by atoms with Gasteiger partial charge in [-0.05, 0) is 93.8 Å². The maximum absolute atomic E-state index is 11.0. The molecule has 0 aromatic heterocycles. The number of aryl methyl sites for hydroxylation is 2. The van der Waals surface area contributed by atoms with Crippen molar-refractivity contribution in [2.24, 2.45) is 22.9 Å². The molecule has 2 amide bonds. The highest BCUT2D eigenvalue weighted by molar-refractivity contribution is 5.74. The Morgan fingerprint density at radius 3 is 0.896 bits per heavy atom. The summed E-state index contributed by atoms with van der Waals surface area (Å²) in [6, 6.07) is 7.97. The maximum Gasteiger partial charge on any atom is 0.217 e. The number of phenols is 2. The second kappa shape index (κ2) is 19.2. The number of unbranched alkanes of at least 4 members (excludes halogenated alkanes) is 3. The van der Waals surface area contributed by atoms with Gasteiger partial charge >= 0.3 is 0 Å². The summed E-state index contributed by atoms with van der Waals surface area (Å²) in [5, 5.41) is 21.1. The van der Waals surface area contributed by atoms with Crippen molar-refractivity contribution in [1.29, 1.82) is 0 Å². The van der Waals surface area contributed by atoms with Crippen molar-refractivity contribution < 1.29 is 19.8 Å². The molecule has 0 bridgehead atoms. The number of aromatic hydroxyl groups is 2. The standard InChI is InChI=1S/2C17H27NO2.C6H16N2/c2*1-16(2,3)12-9-11(7-8-14(18)19)10-13(15(12)20)17(4,5)6;7-5-3-1-2-4-6-8/h2*9-10,20H,7-8H2,1-6H3,(H2,18,19);1-8H2. The molecule has 0 fully saturated rings. The summed E-state index contributed by atoms with van der Waals surface area (Å²) in [7, 11) is 0. The second-order valence-electron chi connectivity index (χ2n) is 17.0. The number of carbonyl (C=O) groups excluding carboxylic acids is 2. The average molecular weight is 671 g/mol. The predicted octanol–water partition coefficient (Wildman–Crippen LogP) is 7.27. The first-order valence-corrected chi connectivity index (χ1v) is 17.5. The van der Waals surface area contributed by atoms with Crippen molar-refractivity contribution in [3.63, 3.8) is 0 Å². The summed E-state index contributed by atoms with van der Waals surface area (Å²) in [4.78, 5) is 22.0. The largest absolute Gasteiger partial charge is 0.507 e. The van der Waals surface area contributed by atoms with E-state index in [1.54, 1.807) is 0 Å². The Morgan fingerprint density at radius 2 is 0.729 bits per heavy atom. The lowest BCUT2D eigenvalue weighted by Gasteiger charge is -2.28. The summed E-state index contributed by atoms with van der Waals surface area (Å²) in [5.41, 5.74) is 26.2. The number of hydrogen-bond acceptors (Lipinski definition) is 6. The van der Waals surface area contributed by atoms with E-state index in [-0.39, 0.29) is 33.5 Å². The molecule has 0 aliphatic rings. The Hall–Kier alpha value is -3.10. The summed E-state index contributed by atoms with van der Waals surface area (Å²) in [5.74, 6) is 0.140. The van der Waals surface area contributed by atoms with E-state index >= 15 is 0 Å². The quantitative estimate of drug-likeness (QED) is 0.137. The highest BCUT2D eigenvalue weighted by atomic mass is 16.3. The van der Waals surface area contributed by atoms with Gasteiger partial charge in [0.1, 0.15) is 11.5 Å². The summed E-state index contributed by atoms with van der Waals surface area (Å²) in [6.45, 7) is 26.6. The normalized spacial score (nSPS) is 12.0. The zero-order valence-electron chi connectivity index (χ0n) is 32.4. The number of benzene rings is 2. The molecule has 0 atom stereocenters. The molecular weight excluding hydrogens is 600 g/mol. The van der Waals surface area contributed by atoms with E-state index in [0.29, 0.717) is 37.2 Å². The third-order valence-electron chi connectivity index (χ3n) is 8.05. The van der Waals surface area contributed by atoms with Crippen LogP contribution < -0.4 is 22.9 Å². The van der Waals surface area contributed by atoms with Gasteiger partial charge in [0.05, 0.1) is 0 Å². The highest BCUT2D eigenvalue weighted by Gasteiger charge is 2.27. The fourth-order valence-corrected chi connectivity index (χ4v) is 5.14. The van der Waals surface area contributed by atoms with Crippen LogP contribution in [0.4, 0.5) is 0 Å². The van der Waals surface area contributed by atoms with Crippen molar-refractivity contribution in [1.82, 2.24) is 0 Å².